The first kappa shape index (κ1) is 13.5. The first-order valence-electron chi connectivity index (χ1n) is 5.44. The summed E-state index contributed by atoms with van der Waals surface area (Å²) in [6, 6.07) is 4.84. The lowest BCUT2D eigenvalue weighted by atomic mass is 10.2. The predicted octanol–water partition coefficient (Wildman–Crippen LogP) is 2.95. The van der Waals surface area contributed by atoms with E-state index >= 15 is 0 Å². The third-order valence-corrected chi connectivity index (χ3v) is 3.19. The van der Waals surface area contributed by atoms with Crippen LogP contribution in [0.4, 0.5) is 8.78 Å². The fourth-order valence-electron chi connectivity index (χ4n) is 1.43. The molecule has 19 heavy (non-hydrogen) atoms. The van der Waals surface area contributed by atoms with E-state index in [1.807, 2.05) is 5.38 Å². The molecule has 0 fully saturated rings. The van der Waals surface area contributed by atoms with E-state index in [4.69, 9.17) is 9.84 Å². The van der Waals surface area contributed by atoms with Gasteiger partial charge in [-0.1, -0.05) is 11.8 Å². The van der Waals surface area contributed by atoms with Crippen LogP contribution < -0.4 is 4.74 Å². The molecule has 1 aromatic carbocycles. The zero-order valence-electron chi connectivity index (χ0n) is 9.82. The Bertz CT molecular complexity index is 626. The van der Waals surface area contributed by atoms with Crippen molar-refractivity contribution in [1.29, 1.82) is 0 Å². The van der Waals surface area contributed by atoms with Gasteiger partial charge in [0, 0.05) is 11.6 Å². The number of halogens is 2. The predicted molar refractivity (Wildman–Crippen MR) is 69.0 cm³/mol. The molecule has 1 aromatic heterocycles. The fraction of sp³-hybridized carbons (Fsp3) is 0.143. The molecule has 5 heteroatoms. The average molecular weight is 280 g/mol. The minimum Gasteiger partial charge on any atom is -0.485 e. The molecule has 1 heterocycles. The molecule has 0 bridgehead atoms. The van der Waals surface area contributed by atoms with Gasteiger partial charge in [-0.05, 0) is 23.6 Å². The summed E-state index contributed by atoms with van der Waals surface area (Å²) in [5.74, 6) is 4.01. The molecule has 0 atom stereocenters. The van der Waals surface area contributed by atoms with Crippen molar-refractivity contribution in [2.24, 2.45) is 0 Å². The van der Waals surface area contributed by atoms with Crippen LogP contribution in [0.5, 0.6) is 5.75 Å². The molecule has 2 nitrogen and oxygen atoms in total. The van der Waals surface area contributed by atoms with Crippen molar-refractivity contribution in [3.8, 4) is 17.6 Å². The summed E-state index contributed by atoms with van der Waals surface area (Å²) in [7, 11) is 0. The van der Waals surface area contributed by atoms with E-state index in [1.54, 1.807) is 6.07 Å². The van der Waals surface area contributed by atoms with Crippen LogP contribution in [0.2, 0.25) is 0 Å². The molecule has 2 rings (SSSR count). The van der Waals surface area contributed by atoms with Crippen LogP contribution in [0.25, 0.3) is 0 Å². The minimum absolute atomic E-state index is 0.105. The molecule has 2 aromatic rings. The van der Waals surface area contributed by atoms with Crippen molar-refractivity contribution in [1.82, 2.24) is 0 Å². The SMILES string of the molecule is OCC#Cc1ccsc1COc1cc(F)ccc1F. The molecule has 0 unspecified atom stereocenters. The Labute approximate surface area is 113 Å². The Hall–Kier alpha value is -1.90. The van der Waals surface area contributed by atoms with Crippen LogP contribution >= 0.6 is 11.3 Å². The van der Waals surface area contributed by atoms with Crippen molar-refractivity contribution >= 4 is 11.3 Å². The Balaban J connectivity index is 2.10. The third-order valence-electron chi connectivity index (χ3n) is 2.30. The molecule has 1 N–H and O–H groups in total. The second-order valence-electron chi connectivity index (χ2n) is 3.58. The van der Waals surface area contributed by atoms with Crippen LogP contribution in [-0.2, 0) is 6.61 Å². The molecule has 0 radical (unpaired) electrons. The maximum absolute atomic E-state index is 13.4. The van der Waals surface area contributed by atoms with E-state index in [1.165, 1.54) is 11.3 Å². The smallest absolute Gasteiger partial charge is 0.165 e. The summed E-state index contributed by atoms with van der Waals surface area (Å²) >= 11 is 1.40. The van der Waals surface area contributed by atoms with Crippen LogP contribution in [0, 0.1) is 23.5 Å². The van der Waals surface area contributed by atoms with Gasteiger partial charge in [0.25, 0.3) is 0 Å². The Morgan fingerprint density at radius 2 is 2.11 bits per heavy atom. The molecule has 0 amide bonds. The molecular weight excluding hydrogens is 270 g/mol. The number of rotatable bonds is 3. The Kier molecular flexibility index (Phi) is 4.50. The van der Waals surface area contributed by atoms with E-state index in [0.717, 1.165) is 28.6 Å². The largest absolute Gasteiger partial charge is 0.485 e. The van der Waals surface area contributed by atoms with E-state index in [2.05, 4.69) is 11.8 Å². The summed E-state index contributed by atoms with van der Waals surface area (Å²) in [4.78, 5) is 0.796. The van der Waals surface area contributed by atoms with Crippen molar-refractivity contribution in [2.45, 2.75) is 6.61 Å². The Morgan fingerprint density at radius 3 is 2.89 bits per heavy atom. The van der Waals surface area contributed by atoms with Crippen molar-refractivity contribution in [3.63, 3.8) is 0 Å². The third kappa shape index (κ3) is 3.53. The highest BCUT2D eigenvalue weighted by Crippen LogP contribution is 2.22. The molecule has 0 saturated heterocycles. The number of ether oxygens (including phenoxy) is 1. The molecular formula is C14H10F2O2S. The lowest BCUT2D eigenvalue weighted by Crippen LogP contribution is -1.97. The molecule has 0 aliphatic carbocycles. The quantitative estimate of drug-likeness (QED) is 0.876. The summed E-state index contributed by atoms with van der Waals surface area (Å²) in [5.41, 5.74) is 0.718. The second kappa shape index (κ2) is 6.32. The fourth-order valence-corrected chi connectivity index (χ4v) is 2.17. The molecule has 0 saturated carbocycles. The molecule has 0 spiro atoms. The van der Waals surface area contributed by atoms with Gasteiger partial charge in [0.1, 0.15) is 19.0 Å². The van der Waals surface area contributed by atoms with E-state index in [-0.39, 0.29) is 19.0 Å². The normalized spacial score (nSPS) is 9.84. The van der Waals surface area contributed by atoms with E-state index in [9.17, 15) is 8.78 Å². The topological polar surface area (TPSA) is 29.5 Å². The lowest BCUT2D eigenvalue weighted by molar-refractivity contribution is 0.291. The van der Waals surface area contributed by atoms with Gasteiger partial charge >= 0.3 is 0 Å². The number of thiophene rings is 1. The number of hydrogen-bond donors (Lipinski definition) is 1. The standard InChI is InChI=1S/C14H10F2O2S/c15-11-3-4-12(16)13(8-11)18-9-14-10(2-1-6-17)5-7-19-14/h3-5,7-8,17H,6,9H2. The van der Waals surface area contributed by atoms with Gasteiger partial charge in [0.05, 0.1) is 4.88 Å². The van der Waals surface area contributed by atoms with Crippen molar-refractivity contribution in [3.05, 3.63) is 51.7 Å². The van der Waals surface area contributed by atoms with Gasteiger partial charge in [-0.3, -0.25) is 0 Å². The summed E-state index contributed by atoms with van der Waals surface area (Å²) in [5, 5.41) is 10.5. The van der Waals surface area contributed by atoms with Gasteiger partial charge in [-0.2, -0.15) is 0 Å². The maximum atomic E-state index is 13.4. The molecule has 0 aliphatic heterocycles. The van der Waals surface area contributed by atoms with Gasteiger partial charge < -0.3 is 9.84 Å². The van der Waals surface area contributed by atoms with Gasteiger partial charge in [-0.15, -0.1) is 11.3 Å². The van der Waals surface area contributed by atoms with Gasteiger partial charge in [0.15, 0.2) is 11.6 Å². The molecule has 0 aliphatic rings. The van der Waals surface area contributed by atoms with Crippen LogP contribution in [-0.4, -0.2) is 11.7 Å². The highest BCUT2D eigenvalue weighted by molar-refractivity contribution is 7.10. The van der Waals surface area contributed by atoms with Crippen molar-refractivity contribution in [2.75, 3.05) is 6.61 Å². The summed E-state index contributed by atoms with van der Waals surface area (Å²) in [6.07, 6.45) is 0. The van der Waals surface area contributed by atoms with Crippen LogP contribution in [0.3, 0.4) is 0 Å². The highest BCUT2D eigenvalue weighted by atomic mass is 32.1. The zero-order chi connectivity index (χ0) is 13.7. The monoisotopic (exact) mass is 280 g/mol. The van der Waals surface area contributed by atoms with E-state index in [0.29, 0.717) is 0 Å². The zero-order valence-corrected chi connectivity index (χ0v) is 10.6. The summed E-state index contributed by atoms with van der Waals surface area (Å²) < 4.78 is 31.6. The molecule has 98 valence electrons. The van der Waals surface area contributed by atoms with E-state index < -0.39 is 11.6 Å². The number of hydrogen-bond acceptors (Lipinski definition) is 3. The number of benzene rings is 1. The van der Waals surface area contributed by atoms with Crippen LogP contribution in [0.15, 0.2) is 29.6 Å². The van der Waals surface area contributed by atoms with Crippen molar-refractivity contribution < 1.29 is 18.6 Å². The van der Waals surface area contributed by atoms with Crippen LogP contribution in [0.1, 0.15) is 10.4 Å². The Morgan fingerprint density at radius 1 is 1.26 bits per heavy atom. The second-order valence-corrected chi connectivity index (χ2v) is 4.58. The summed E-state index contributed by atoms with van der Waals surface area (Å²) in [6.45, 7) is -0.123. The first-order chi connectivity index (χ1) is 9.20. The van der Waals surface area contributed by atoms with Gasteiger partial charge in [-0.25, -0.2) is 8.78 Å². The average Bonchev–Trinajstić information content (AvgIpc) is 2.85. The van der Waals surface area contributed by atoms with Gasteiger partial charge in [0.2, 0.25) is 0 Å². The number of aliphatic hydroxyl groups excluding tert-OH is 1. The first-order valence-corrected chi connectivity index (χ1v) is 6.32. The lowest BCUT2D eigenvalue weighted by Gasteiger charge is -2.06. The number of aliphatic hydroxyl groups is 1. The minimum atomic E-state index is -0.610. The highest BCUT2D eigenvalue weighted by Gasteiger charge is 2.07. The maximum Gasteiger partial charge on any atom is 0.165 e.